The molecule has 96 valence electrons. The standard InChI is InChI=1S/C13H16N2O2S/c1-2-9-3-4-10-11(7-9)15-12(14-10)5-6-18-8-13(16)17/h3-4,7H,2,5-6,8H2,1H3,(H,14,15)(H,16,17). The summed E-state index contributed by atoms with van der Waals surface area (Å²) in [5.41, 5.74) is 3.33. The predicted octanol–water partition coefficient (Wildman–Crippen LogP) is 2.49. The van der Waals surface area contributed by atoms with Gasteiger partial charge in [-0.2, -0.15) is 0 Å². The number of aryl methyl sites for hydroxylation is 2. The number of rotatable bonds is 6. The molecule has 0 radical (unpaired) electrons. The number of hydrogen-bond donors (Lipinski definition) is 2. The molecule has 0 aliphatic rings. The molecule has 0 atom stereocenters. The van der Waals surface area contributed by atoms with Crippen LogP contribution in [0.5, 0.6) is 0 Å². The van der Waals surface area contributed by atoms with E-state index in [1.54, 1.807) is 0 Å². The molecule has 0 saturated heterocycles. The number of carbonyl (C=O) groups is 1. The molecule has 1 aromatic carbocycles. The van der Waals surface area contributed by atoms with Gasteiger partial charge in [-0.05, 0) is 24.1 Å². The topological polar surface area (TPSA) is 66.0 Å². The van der Waals surface area contributed by atoms with Crippen molar-refractivity contribution in [3.63, 3.8) is 0 Å². The van der Waals surface area contributed by atoms with Crippen LogP contribution in [0.2, 0.25) is 0 Å². The lowest BCUT2D eigenvalue weighted by atomic mass is 10.1. The average Bonchev–Trinajstić information content (AvgIpc) is 2.75. The number of H-pyrrole nitrogens is 1. The monoisotopic (exact) mass is 264 g/mol. The first kappa shape index (κ1) is 13.0. The Bertz CT molecular complexity index is 551. The summed E-state index contributed by atoms with van der Waals surface area (Å²) in [6.07, 6.45) is 1.78. The number of fused-ring (bicyclic) bond motifs is 1. The van der Waals surface area contributed by atoms with Crippen LogP contribution in [0, 0.1) is 0 Å². The SMILES string of the molecule is CCc1ccc2nc(CCSCC(=O)O)[nH]c2c1. The second-order valence-corrected chi connectivity index (χ2v) is 5.19. The van der Waals surface area contributed by atoms with Crippen molar-refractivity contribution in [2.24, 2.45) is 0 Å². The van der Waals surface area contributed by atoms with E-state index in [1.807, 2.05) is 6.07 Å². The molecule has 0 fully saturated rings. The number of imidazole rings is 1. The van der Waals surface area contributed by atoms with Crippen LogP contribution < -0.4 is 0 Å². The van der Waals surface area contributed by atoms with Gasteiger partial charge in [0.15, 0.2) is 0 Å². The van der Waals surface area contributed by atoms with Gasteiger partial charge in [-0.25, -0.2) is 4.98 Å². The van der Waals surface area contributed by atoms with Gasteiger partial charge in [0.1, 0.15) is 5.82 Å². The molecule has 1 heterocycles. The Labute approximate surface area is 110 Å². The van der Waals surface area contributed by atoms with Crippen LogP contribution in [0.3, 0.4) is 0 Å². The molecule has 5 heteroatoms. The van der Waals surface area contributed by atoms with Crippen LogP contribution in [-0.2, 0) is 17.6 Å². The molecule has 2 aromatic rings. The van der Waals surface area contributed by atoms with Gasteiger partial charge in [0.05, 0.1) is 16.8 Å². The van der Waals surface area contributed by atoms with E-state index in [4.69, 9.17) is 5.11 Å². The summed E-state index contributed by atoms with van der Waals surface area (Å²) in [7, 11) is 0. The number of nitrogens with zero attached hydrogens (tertiary/aromatic N) is 1. The summed E-state index contributed by atoms with van der Waals surface area (Å²) < 4.78 is 0. The maximum atomic E-state index is 10.4. The third-order valence-electron chi connectivity index (χ3n) is 2.71. The number of aromatic nitrogens is 2. The van der Waals surface area contributed by atoms with Gasteiger partial charge < -0.3 is 10.1 Å². The molecular weight excluding hydrogens is 248 g/mol. The molecular formula is C13H16N2O2S. The van der Waals surface area contributed by atoms with Crippen molar-refractivity contribution in [2.75, 3.05) is 11.5 Å². The van der Waals surface area contributed by atoms with Crippen LogP contribution in [0.4, 0.5) is 0 Å². The van der Waals surface area contributed by atoms with Crippen molar-refractivity contribution < 1.29 is 9.90 Å². The molecule has 4 nitrogen and oxygen atoms in total. The summed E-state index contributed by atoms with van der Waals surface area (Å²) in [6, 6.07) is 6.24. The number of thioether (sulfide) groups is 1. The Morgan fingerprint density at radius 1 is 1.50 bits per heavy atom. The van der Waals surface area contributed by atoms with Gasteiger partial charge in [-0.1, -0.05) is 13.0 Å². The first-order valence-electron chi connectivity index (χ1n) is 5.96. The maximum Gasteiger partial charge on any atom is 0.313 e. The lowest BCUT2D eigenvalue weighted by Crippen LogP contribution is -2.00. The van der Waals surface area contributed by atoms with E-state index in [-0.39, 0.29) is 5.75 Å². The minimum atomic E-state index is -0.766. The van der Waals surface area contributed by atoms with Crippen LogP contribution >= 0.6 is 11.8 Å². The van der Waals surface area contributed by atoms with Crippen molar-refractivity contribution >= 4 is 28.8 Å². The average molecular weight is 264 g/mol. The maximum absolute atomic E-state index is 10.4. The fourth-order valence-electron chi connectivity index (χ4n) is 1.78. The number of carboxylic acids is 1. The van der Waals surface area contributed by atoms with Crippen LogP contribution in [0.15, 0.2) is 18.2 Å². The minimum Gasteiger partial charge on any atom is -0.481 e. The molecule has 2 rings (SSSR count). The van der Waals surface area contributed by atoms with Crippen LogP contribution in [-0.4, -0.2) is 32.5 Å². The van der Waals surface area contributed by atoms with Gasteiger partial charge >= 0.3 is 5.97 Å². The Morgan fingerprint density at radius 3 is 3.06 bits per heavy atom. The predicted molar refractivity (Wildman–Crippen MR) is 74.1 cm³/mol. The summed E-state index contributed by atoms with van der Waals surface area (Å²) in [5.74, 6) is 1.08. The van der Waals surface area contributed by atoms with Gasteiger partial charge in [0, 0.05) is 12.2 Å². The Balaban J connectivity index is 1.99. The van der Waals surface area contributed by atoms with Crippen LogP contribution in [0.1, 0.15) is 18.3 Å². The Morgan fingerprint density at radius 2 is 2.33 bits per heavy atom. The minimum absolute atomic E-state index is 0.153. The van der Waals surface area contributed by atoms with E-state index in [0.717, 1.165) is 35.5 Å². The second-order valence-electron chi connectivity index (χ2n) is 4.08. The number of aliphatic carboxylic acids is 1. The van der Waals surface area contributed by atoms with Crippen molar-refractivity contribution in [1.29, 1.82) is 0 Å². The highest BCUT2D eigenvalue weighted by Crippen LogP contribution is 2.15. The van der Waals surface area contributed by atoms with E-state index >= 15 is 0 Å². The summed E-state index contributed by atoms with van der Waals surface area (Å²) in [5, 5.41) is 8.54. The molecule has 0 spiro atoms. The fourth-order valence-corrected chi connectivity index (χ4v) is 2.43. The van der Waals surface area contributed by atoms with Crippen molar-refractivity contribution in [1.82, 2.24) is 9.97 Å². The smallest absolute Gasteiger partial charge is 0.313 e. The molecule has 0 amide bonds. The first-order chi connectivity index (χ1) is 8.69. The molecule has 0 aliphatic carbocycles. The molecule has 0 aliphatic heterocycles. The highest BCUT2D eigenvalue weighted by atomic mass is 32.2. The third kappa shape index (κ3) is 3.26. The first-order valence-corrected chi connectivity index (χ1v) is 7.11. The van der Waals surface area contributed by atoms with Gasteiger partial charge in [-0.3, -0.25) is 4.79 Å². The van der Waals surface area contributed by atoms with Gasteiger partial charge in [0.25, 0.3) is 0 Å². The highest BCUT2D eigenvalue weighted by Gasteiger charge is 2.04. The van der Waals surface area contributed by atoms with Gasteiger partial charge in [-0.15, -0.1) is 11.8 Å². The number of nitrogens with one attached hydrogen (secondary N) is 1. The van der Waals surface area contributed by atoms with E-state index in [2.05, 4.69) is 29.0 Å². The summed E-state index contributed by atoms with van der Waals surface area (Å²) >= 11 is 1.41. The van der Waals surface area contributed by atoms with E-state index < -0.39 is 5.97 Å². The summed E-state index contributed by atoms with van der Waals surface area (Å²) in [6.45, 7) is 2.13. The lowest BCUT2D eigenvalue weighted by molar-refractivity contribution is -0.133. The molecule has 2 N–H and O–H groups in total. The Hall–Kier alpha value is -1.49. The zero-order valence-electron chi connectivity index (χ0n) is 10.3. The summed E-state index contributed by atoms with van der Waals surface area (Å²) in [4.78, 5) is 18.2. The fraction of sp³-hybridized carbons (Fsp3) is 0.385. The zero-order valence-corrected chi connectivity index (χ0v) is 11.1. The molecule has 1 aromatic heterocycles. The largest absolute Gasteiger partial charge is 0.481 e. The Kier molecular flexibility index (Phi) is 4.25. The lowest BCUT2D eigenvalue weighted by Gasteiger charge is -1.95. The number of hydrogen-bond acceptors (Lipinski definition) is 3. The molecule has 0 saturated carbocycles. The van der Waals surface area contributed by atoms with E-state index in [1.165, 1.54) is 17.3 Å². The number of carboxylic acid groups (broad SMARTS) is 1. The van der Waals surface area contributed by atoms with Crippen molar-refractivity contribution in [2.45, 2.75) is 19.8 Å². The second kappa shape index (κ2) is 5.91. The van der Waals surface area contributed by atoms with E-state index in [0.29, 0.717) is 0 Å². The van der Waals surface area contributed by atoms with Crippen molar-refractivity contribution in [3.8, 4) is 0 Å². The number of benzene rings is 1. The normalized spacial score (nSPS) is 10.9. The highest BCUT2D eigenvalue weighted by molar-refractivity contribution is 7.99. The van der Waals surface area contributed by atoms with Gasteiger partial charge in [0.2, 0.25) is 0 Å². The number of aromatic amines is 1. The third-order valence-corrected chi connectivity index (χ3v) is 3.66. The van der Waals surface area contributed by atoms with Crippen LogP contribution in [0.25, 0.3) is 11.0 Å². The van der Waals surface area contributed by atoms with Crippen molar-refractivity contribution in [3.05, 3.63) is 29.6 Å². The quantitative estimate of drug-likeness (QED) is 0.787. The molecule has 18 heavy (non-hydrogen) atoms. The van der Waals surface area contributed by atoms with E-state index in [9.17, 15) is 4.79 Å². The molecule has 0 unspecified atom stereocenters. The zero-order chi connectivity index (χ0) is 13.0. The molecule has 0 bridgehead atoms.